The van der Waals surface area contributed by atoms with E-state index in [1.54, 1.807) is 12.1 Å². The standard InChI is InChI=1S/C28H18N6O9/c1-43-14-6-13(35)16-17(21(14)36)23(38)19-18(22(16)37)25(40)28(26(19)41)3-2-10-4-11-5-12(7-29-33-34-8-30-31-9-34)32-27(42)15(11)24(39)20(10)28/h4-9,33,39-41H,2-3H2,1H3,(H,32,42)/b29-7+. The maximum atomic E-state index is 13.6. The van der Waals surface area contributed by atoms with Gasteiger partial charge in [-0.2, -0.15) is 5.10 Å². The molecule has 15 heteroatoms. The smallest absolute Gasteiger partial charge is 0.260 e. The van der Waals surface area contributed by atoms with Gasteiger partial charge in [-0.15, -0.1) is 10.2 Å². The fourth-order valence-corrected chi connectivity index (χ4v) is 6.25. The first kappa shape index (κ1) is 25.8. The van der Waals surface area contributed by atoms with Crippen molar-refractivity contribution in [1.82, 2.24) is 19.9 Å². The molecule has 0 bridgehead atoms. The second-order valence-electron chi connectivity index (χ2n) is 10.2. The number of aromatic amines is 1. The summed E-state index contributed by atoms with van der Waals surface area (Å²) >= 11 is 0. The van der Waals surface area contributed by atoms with Gasteiger partial charge in [-0.25, -0.2) is 10.2 Å². The first-order valence-electron chi connectivity index (χ1n) is 12.7. The van der Waals surface area contributed by atoms with E-state index in [2.05, 4.69) is 25.8 Å². The highest BCUT2D eigenvalue weighted by molar-refractivity contribution is 5.96. The molecule has 1 aromatic carbocycles. The molecule has 3 aromatic rings. The van der Waals surface area contributed by atoms with E-state index in [0.717, 1.165) is 13.2 Å². The maximum Gasteiger partial charge on any atom is 0.260 e. The van der Waals surface area contributed by atoms with Gasteiger partial charge in [0, 0.05) is 11.6 Å². The third-order valence-corrected chi connectivity index (χ3v) is 8.07. The lowest BCUT2D eigenvalue weighted by Gasteiger charge is -2.27. The molecule has 2 heterocycles. The van der Waals surface area contributed by atoms with E-state index in [4.69, 9.17) is 4.74 Å². The van der Waals surface area contributed by atoms with E-state index in [1.807, 2.05) is 0 Å². The quantitative estimate of drug-likeness (QED) is 0.111. The SMILES string of the molecule is COc1cc(=O)c2c(=O)c3c(c(=O)c=2c1=O)=C(O)C1(CCc2cc4cc(/C=N/Nn5cnnc5)[nH]c(=O)c4c(O)c21)C=3O. The molecule has 5 N–H and O–H groups in total. The third-order valence-electron chi connectivity index (χ3n) is 8.07. The fourth-order valence-electron chi connectivity index (χ4n) is 6.25. The Morgan fingerprint density at radius 2 is 1.63 bits per heavy atom. The molecule has 7 rings (SSSR count). The maximum absolute atomic E-state index is 13.6. The zero-order valence-corrected chi connectivity index (χ0v) is 22.0. The Morgan fingerprint density at radius 1 is 0.953 bits per heavy atom. The molecule has 0 amide bonds. The number of phenols is 1. The molecule has 0 radical (unpaired) electrons. The first-order chi connectivity index (χ1) is 20.6. The average molecular weight is 582 g/mol. The molecular formula is C28H18N6O9. The number of aromatic hydroxyl groups is 1. The van der Waals surface area contributed by atoms with Crippen LogP contribution < -0.4 is 48.0 Å². The molecule has 2 aromatic heterocycles. The van der Waals surface area contributed by atoms with Crippen LogP contribution in [0.25, 0.3) is 22.3 Å². The Balaban J connectivity index is 1.49. The summed E-state index contributed by atoms with van der Waals surface area (Å²) in [5, 5.41) is 43.1. The van der Waals surface area contributed by atoms with Gasteiger partial charge in [0.2, 0.25) is 16.3 Å². The third kappa shape index (κ3) is 3.23. The molecule has 4 aliphatic carbocycles. The summed E-state index contributed by atoms with van der Waals surface area (Å²) in [5.41, 5.74) is -3.70. The van der Waals surface area contributed by atoms with Crippen molar-refractivity contribution in [2.45, 2.75) is 18.3 Å². The Labute approximate surface area is 235 Å². The number of pyridine rings is 1. The normalized spacial score (nSPS) is 17.4. The molecule has 0 fully saturated rings. The van der Waals surface area contributed by atoms with Crippen LogP contribution >= 0.6 is 0 Å². The molecule has 15 nitrogen and oxygen atoms in total. The Bertz CT molecular complexity index is 2570. The van der Waals surface area contributed by atoms with Gasteiger partial charge in [-0.1, -0.05) is 6.07 Å². The molecule has 0 aliphatic heterocycles. The highest BCUT2D eigenvalue weighted by Crippen LogP contribution is 2.54. The number of aryl methyl sites for hydroxylation is 1. The summed E-state index contributed by atoms with van der Waals surface area (Å²) in [6.07, 6.45) is 4.10. The molecule has 0 saturated heterocycles. The molecule has 4 aliphatic rings. The van der Waals surface area contributed by atoms with Crippen LogP contribution in [0.15, 0.2) is 59.9 Å². The Hall–Kier alpha value is -6.12. The monoisotopic (exact) mass is 582 g/mol. The van der Waals surface area contributed by atoms with Gasteiger partial charge in [-0.3, -0.25) is 24.0 Å². The van der Waals surface area contributed by atoms with Crippen LogP contribution in [0.2, 0.25) is 0 Å². The average Bonchev–Trinajstić information content (AvgIpc) is 3.68. The number of H-pyrrole nitrogens is 1. The van der Waals surface area contributed by atoms with Crippen molar-refractivity contribution >= 4 is 28.5 Å². The number of hydrogen-bond acceptors (Lipinski definition) is 13. The van der Waals surface area contributed by atoms with Gasteiger partial charge >= 0.3 is 0 Å². The van der Waals surface area contributed by atoms with Gasteiger partial charge in [0.25, 0.3) is 5.56 Å². The predicted octanol–water partition coefficient (Wildman–Crippen LogP) is -2.32. The van der Waals surface area contributed by atoms with Crippen molar-refractivity contribution in [3.63, 3.8) is 0 Å². The molecule has 43 heavy (non-hydrogen) atoms. The summed E-state index contributed by atoms with van der Waals surface area (Å²) < 4.78 is 6.25. The van der Waals surface area contributed by atoms with E-state index in [0.29, 0.717) is 10.9 Å². The number of nitrogens with one attached hydrogen (secondary N) is 2. The van der Waals surface area contributed by atoms with Gasteiger partial charge in [0.05, 0.1) is 45.3 Å². The van der Waals surface area contributed by atoms with E-state index >= 15 is 0 Å². The second kappa shape index (κ2) is 8.69. The number of fused-ring (bicyclic) bond motifs is 4. The van der Waals surface area contributed by atoms with Crippen molar-refractivity contribution in [3.05, 3.63) is 120 Å². The zero-order chi connectivity index (χ0) is 30.4. The number of benzene rings is 1. The number of aromatic nitrogens is 4. The lowest BCUT2D eigenvalue weighted by atomic mass is 9.78. The van der Waals surface area contributed by atoms with Crippen molar-refractivity contribution in [3.8, 4) is 11.5 Å². The van der Waals surface area contributed by atoms with Crippen molar-refractivity contribution in [2.24, 2.45) is 5.10 Å². The van der Waals surface area contributed by atoms with Crippen molar-refractivity contribution in [1.29, 1.82) is 0 Å². The van der Waals surface area contributed by atoms with Gasteiger partial charge in [0.15, 0.2) is 11.2 Å². The topological polar surface area (TPSA) is 226 Å². The predicted molar refractivity (Wildman–Crippen MR) is 150 cm³/mol. The number of methoxy groups -OCH3 is 1. The number of hydrazone groups is 1. The highest BCUT2D eigenvalue weighted by Gasteiger charge is 2.53. The van der Waals surface area contributed by atoms with Crippen LogP contribution in [-0.4, -0.2) is 48.5 Å². The van der Waals surface area contributed by atoms with E-state index in [1.165, 1.54) is 23.5 Å². The summed E-state index contributed by atoms with van der Waals surface area (Å²) in [6.45, 7) is 0. The lowest BCUT2D eigenvalue weighted by Crippen LogP contribution is -2.51. The summed E-state index contributed by atoms with van der Waals surface area (Å²) in [6, 6.07) is 3.92. The number of ether oxygens (including phenoxy) is 1. The van der Waals surface area contributed by atoms with Crippen LogP contribution in [0, 0.1) is 10.4 Å². The fraction of sp³-hybridized carbons (Fsp3) is 0.143. The van der Waals surface area contributed by atoms with E-state index < -0.39 is 76.6 Å². The van der Waals surface area contributed by atoms with Gasteiger partial charge in [-0.05, 0) is 29.9 Å². The summed E-state index contributed by atoms with van der Waals surface area (Å²) in [5.74, 6) is -2.57. The number of aliphatic hydroxyl groups excluding tert-OH is 2. The molecule has 1 atom stereocenters. The lowest BCUT2D eigenvalue weighted by molar-refractivity contribution is 0.362. The Morgan fingerprint density at radius 3 is 2.30 bits per heavy atom. The number of hydrogen-bond donors (Lipinski definition) is 5. The van der Waals surface area contributed by atoms with Gasteiger partial charge < -0.3 is 25.0 Å². The number of rotatable bonds is 4. The van der Waals surface area contributed by atoms with E-state index in [9.17, 15) is 39.3 Å². The minimum Gasteiger partial charge on any atom is -0.510 e. The first-order valence-corrected chi connectivity index (χ1v) is 12.7. The second-order valence-corrected chi connectivity index (χ2v) is 10.2. The summed E-state index contributed by atoms with van der Waals surface area (Å²) in [4.78, 5) is 68.5. The highest BCUT2D eigenvalue weighted by atomic mass is 16.5. The van der Waals surface area contributed by atoms with Crippen LogP contribution in [0.1, 0.15) is 23.2 Å². The number of aliphatic hydroxyl groups is 2. The largest absolute Gasteiger partial charge is 0.510 e. The number of nitrogens with zero attached hydrogens (tertiary/aromatic N) is 4. The van der Waals surface area contributed by atoms with Gasteiger partial charge in [0.1, 0.15) is 35.3 Å². The minimum absolute atomic E-state index is 0.0717. The van der Waals surface area contributed by atoms with Crippen LogP contribution in [0.4, 0.5) is 0 Å². The molecule has 1 spiro atoms. The molecule has 0 saturated carbocycles. The Kier molecular flexibility index (Phi) is 5.22. The van der Waals surface area contributed by atoms with Crippen molar-refractivity contribution in [2.75, 3.05) is 12.6 Å². The summed E-state index contributed by atoms with van der Waals surface area (Å²) in [7, 11) is 1.12. The van der Waals surface area contributed by atoms with Crippen molar-refractivity contribution < 1.29 is 20.1 Å². The van der Waals surface area contributed by atoms with E-state index in [-0.39, 0.29) is 29.5 Å². The molecule has 214 valence electrons. The van der Waals surface area contributed by atoms with Crippen LogP contribution in [0.3, 0.4) is 0 Å². The van der Waals surface area contributed by atoms with Crippen LogP contribution in [-0.2, 0) is 11.8 Å². The number of phenolic OH excluding ortho intramolecular Hbond substituents is 1. The molecule has 1 unspecified atom stereocenters. The van der Waals surface area contributed by atoms with Crippen LogP contribution in [0.5, 0.6) is 11.5 Å². The zero-order valence-electron chi connectivity index (χ0n) is 22.0. The molecular weight excluding hydrogens is 564 g/mol. The minimum atomic E-state index is -1.98.